The van der Waals surface area contributed by atoms with E-state index in [1.54, 1.807) is 36.4 Å². The largest absolute Gasteiger partial charge is 0.271 e. The molecule has 0 radical (unpaired) electrons. The standard InChI is InChI=1S/C25H27N3O3S/c1-18-5-10-22(11-6-18)16-26-27-25(29)17-28(23-12-9-20(3)21(4)15-23)32(30,31)24-13-7-19(2)8-14-24/h5-16H,17H2,1-4H3,(H,27,29)/b26-16-. The summed E-state index contributed by atoms with van der Waals surface area (Å²) in [4.78, 5) is 12.7. The smallest absolute Gasteiger partial charge is 0.264 e. The lowest BCUT2D eigenvalue weighted by molar-refractivity contribution is -0.119. The third-order valence-electron chi connectivity index (χ3n) is 5.15. The van der Waals surface area contributed by atoms with Crippen LogP contribution in [0.1, 0.15) is 27.8 Å². The SMILES string of the molecule is Cc1ccc(/C=N\NC(=O)CN(c2ccc(C)c(C)c2)S(=O)(=O)c2ccc(C)cc2)cc1. The number of sulfonamides is 1. The molecule has 3 rings (SSSR count). The molecular weight excluding hydrogens is 422 g/mol. The summed E-state index contributed by atoms with van der Waals surface area (Å²) in [6, 6.07) is 19.5. The van der Waals surface area contributed by atoms with Crippen LogP contribution in [-0.2, 0) is 14.8 Å². The number of hydrogen-bond acceptors (Lipinski definition) is 4. The summed E-state index contributed by atoms with van der Waals surface area (Å²) in [5.41, 5.74) is 7.72. The molecule has 1 amide bonds. The molecule has 166 valence electrons. The highest BCUT2D eigenvalue weighted by atomic mass is 32.2. The maximum Gasteiger partial charge on any atom is 0.264 e. The number of amides is 1. The Labute approximate surface area is 189 Å². The van der Waals surface area contributed by atoms with E-state index in [4.69, 9.17) is 0 Å². The minimum Gasteiger partial charge on any atom is -0.271 e. The Bertz CT molecular complexity index is 1230. The molecule has 0 aliphatic rings. The highest BCUT2D eigenvalue weighted by Crippen LogP contribution is 2.26. The highest BCUT2D eigenvalue weighted by Gasteiger charge is 2.27. The molecule has 0 saturated carbocycles. The van der Waals surface area contributed by atoms with Crippen molar-refractivity contribution in [3.63, 3.8) is 0 Å². The Balaban J connectivity index is 1.86. The van der Waals surface area contributed by atoms with Crippen LogP contribution < -0.4 is 9.73 Å². The summed E-state index contributed by atoms with van der Waals surface area (Å²) in [5.74, 6) is -0.540. The van der Waals surface area contributed by atoms with E-state index in [-0.39, 0.29) is 4.90 Å². The van der Waals surface area contributed by atoms with Gasteiger partial charge in [-0.3, -0.25) is 9.10 Å². The lowest BCUT2D eigenvalue weighted by Gasteiger charge is -2.24. The molecule has 1 N–H and O–H groups in total. The van der Waals surface area contributed by atoms with E-state index in [0.29, 0.717) is 5.69 Å². The fourth-order valence-electron chi connectivity index (χ4n) is 3.03. The molecule has 0 heterocycles. The van der Waals surface area contributed by atoms with Gasteiger partial charge in [0.2, 0.25) is 0 Å². The summed E-state index contributed by atoms with van der Waals surface area (Å²) in [7, 11) is -3.96. The first kappa shape index (κ1) is 23.2. The molecule has 7 heteroatoms. The summed E-state index contributed by atoms with van der Waals surface area (Å²) in [5, 5.41) is 3.97. The van der Waals surface area contributed by atoms with Gasteiger partial charge in [0.15, 0.2) is 0 Å². The van der Waals surface area contributed by atoms with Gasteiger partial charge in [0.25, 0.3) is 15.9 Å². The third-order valence-corrected chi connectivity index (χ3v) is 6.94. The van der Waals surface area contributed by atoms with Gasteiger partial charge in [-0.25, -0.2) is 13.8 Å². The first-order chi connectivity index (χ1) is 15.2. The molecule has 3 aromatic rings. The van der Waals surface area contributed by atoms with Crippen molar-refractivity contribution in [1.82, 2.24) is 5.43 Å². The van der Waals surface area contributed by atoms with Gasteiger partial charge in [0.1, 0.15) is 6.54 Å². The van der Waals surface area contributed by atoms with Crippen molar-refractivity contribution in [2.45, 2.75) is 32.6 Å². The van der Waals surface area contributed by atoms with Gasteiger partial charge in [0, 0.05) is 0 Å². The number of benzene rings is 3. The Hall–Kier alpha value is -3.45. The van der Waals surface area contributed by atoms with Gasteiger partial charge in [-0.1, -0.05) is 53.6 Å². The molecule has 0 aromatic heterocycles. The number of anilines is 1. The van der Waals surface area contributed by atoms with Crippen molar-refractivity contribution in [3.05, 3.63) is 94.5 Å². The van der Waals surface area contributed by atoms with Crippen LogP contribution in [0.15, 0.2) is 76.7 Å². The Morgan fingerprint density at radius 3 is 2.06 bits per heavy atom. The normalized spacial score (nSPS) is 11.5. The predicted molar refractivity (Wildman–Crippen MR) is 129 cm³/mol. The summed E-state index contributed by atoms with van der Waals surface area (Å²) >= 11 is 0. The van der Waals surface area contributed by atoms with Gasteiger partial charge in [0.05, 0.1) is 16.8 Å². The summed E-state index contributed by atoms with van der Waals surface area (Å²) in [6.07, 6.45) is 1.52. The number of hydrogen-bond donors (Lipinski definition) is 1. The predicted octanol–water partition coefficient (Wildman–Crippen LogP) is 4.27. The number of nitrogens with one attached hydrogen (secondary N) is 1. The second-order valence-corrected chi connectivity index (χ2v) is 9.66. The van der Waals surface area contributed by atoms with Crippen LogP contribution in [-0.4, -0.2) is 27.1 Å². The molecule has 32 heavy (non-hydrogen) atoms. The van der Waals surface area contributed by atoms with Crippen molar-refractivity contribution >= 4 is 27.8 Å². The first-order valence-corrected chi connectivity index (χ1v) is 11.7. The molecule has 0 fully saturated rings. The molecule has 3 aromatic carbocycles. The number of rotatable bonds is 7. The molecule has 0 spiro atoms. The van der Waals surface area contributed by atoms with E-state index in [1.165, 1.54) is 6.21 Å². The number of carbonyl (C=O) groups excluding carboxylic acids is 1. The number of hydrazone groups is 1. The number of nitrogens with zero attached hydrogens (tertiary/aromatic N) is 2. The van der Waals surface area contributed by atoms with Crippen molar-refractivity contribution in [2.24, 2.45) is 5.10 Å². The van der Waals surface area contributed by atoms with E-state index in [0.717, 1.165) is 32.1 Å². The van der Waals surface area contributed by atoms with Crippen LogP contribution in [0.4, 0.5) is 5.69 Å². The van der Waals surface area contributed by atoms with E-state index < -0.39 is 22.5 Å². The molecule has 0 bridgehead atoms. The van der Waals surface area contributed by atoms with Crippen molar-refractivity contribution < 1.29 is 13.2 Å². The maximum atomic E-state index is 13.4. The molecule has 0 aliphatic heterocycles. The molecule has 0 saturated heterocycles. The summed E-state index contributed by atoms with van der Waals surface area (Å²) in [6.45, 7) is 7.32. The van der Waals surface area contributed by atoms with Crippen molar-refractivity contribution in [3.8, 4) is 0 Å². The highest BCUT2D eigenvalue weighted by molar-refractivity contribution is 7.92. The van der Waals surface area contributed by atoms with Gasteiger partial charge in [-0.15, -0.1) is 0 Å². The van der Waals surface area contributed by atoms with Gasteiger partial charge in [-0.05, 0) is 68.7 Å². The van der Waals surface area contributed by atoms with Crippen LogP contribution in [0.25, 0.3) is 0 Å². The summed E-state index contributed by atoms with van der Waals surface area (Å²) < 4.78 is 27.9. The Morgan fingerprint density at radius 1 is 0.875 bits per heavy atom. The van der Waals surface area contributed by atoms with Crippen LogP contribution in [0, 0.1) is 27.7 Å². The minimum absolute atomic E-state index is 0.122. The average Bonchev–Trinajstić information content (AvgIpc) is 2.76. The van der Waals surface area contributed by atoms with E-state index in [1.807, 2.05) is 58.0 Å². The molecule has 0 aliphatic carbocycles. The zero-order valence-electron chi connectivity index (χ0n) is 18.7. The van der Waals surface area contributed by atoms with Crippen LogP contribution in [0.3, 0.4) is 0 Å². The average molecular weight is 450 g/mol. The second kappa shape index (κ2) is 9.78. The Morgan fingerprint density at radius 2 is 1.47 bits per heavy atom. The lowest BCUT2D eigenvalue weighted by Crippen LogP contribution is -2.39. The third kappa shape index (κ3) is 5.62. The van der Waals surface area contributed by atoms with E-state index in [2.05, 4.69) is 10.5 Å². The minimum atomic E-state index is -3.96. The first-order valence-electron chi connectivity index (χ1n) is 10.2. The monoisotopic (exact) mass is 449 g/mol. The van der Waals surface area contributed by atoms with Crippen molar-refractivity contribution in [1.29, 1.82) is 0 Å². The van der Waals surface area contributed by atoms with Gasteiger partial charge >= 0.3 is 0 Å². The quantitative estimate of drug-likeness (QED) is 0.432. The van der Waals surface area contributed by atoms with Gasteiger partial charge in [-0.2, -0.15) is 5.10 Å². The number of aryl methyl sites for hydroxylation is 4. The van der Waals surface area contributed by atoms with Crippen LogP contribution in [0.2, 0.25) is 0 Å². The fraction of sp³-hybridized carbons (Fsp3) is 0.200. The topological polar surface area (TPSA) is 78.8 Å². The fourth-order valence-corrected chi connectivity index (χ4v) is 4.44. The molecule has 6 nitrogen and oxygen atoms in total. The van der Waals surface area contributed by atoms with E-state index >= 15 is 0 Å². The van der Waals surface area contributed by atoms with Gasteiger partial charge < -0.3 is 0 Å². The zero-order valence-corrected chi connectivity index (χ0v) is 19.5. The lowest BCUT2D eigenvalue weighted by atomic mass is 10.1. The maximum absolute atomic E-state index is 13.4. The Kier molecular flexibility index (Phi) is 7.10. The molecule has 0 unspecified atom stereocenters. The second-order valence-electron chi connectivity index (χ2n) is 7.80. The van der Waals surface area contributed by atoms with Crippen LogP contribution >= 0.6 is 0 Å². The zero-order chi connectivity index (χ0) is 23.3. The van der Waals surface area contributed by atoms with E-state index in [9.17, 15) is 13.2 Å². The molecular formula is C25H27N3O3S. The number of carbonyl (C=O) groups is 1. The molecule has 0 atom stereocenters. The van der Waals surface area contributed by atoms with Crippen LogP contribution in [0.5, 0.6) is 0 Å². The van der Waals surface area contributed by atoms with Crippen molar-refractivity contribution in [2.75, 3.05) is 10.8 Å².